The van der Waals surface area contributed by atoms with E-state index in [2.05, 4.69) is 14.5 Å². The first kappa shape index (κ1) is 55.1. The van der Waals surface area contributed by atoms with Crippen molar-refractivity contribution in [3.05, 3.63) is 174 Å². The lowest BCUT2D eigenvalue weighted by molar-refractivity contribution is 0.208. The molecule has 3 heterocycles. The minimum Gasteiger partial charge on any atom is -0.457 e. The summed E-state index contributed by atoms with van der Waals surface area (Å²) >= 11 is 0. The number of hydrogen-bond donors (Lipinski definition) is 3. The van der Waals surface area contributed by atoms with Gasteiger partial charge in [-0.05, 0) is 227 Å². The topological polar surface area (TPSA) is 129 Å². The fourth-order valence-electron chi connectivity index (χ4n) is 8.91. The van der Waals surface area contributed by atoms with E-state index in [4.69, 9.17) is 47.9 Å². The van der Waals surface area contributed by atoms with Gasteiger partial charge in [0.05, 0.1) is 38.0 Å². The average Bonchev–Trinajstić information content (AvgIpc) is 3.87. The molecule has 0 radical (unpaired) electrons. The molecule has 0 fully saturated rings. The van der Waals surface area contributed by atoms with Crippen LogP contribution >= 0.6 is 0 Å². The molecule has 3 N–H and O–H groups in total. The largest absolute Gasteiger partial charge is 0.492 e. The Morgan fingerprint density at radius 1 is 0.437 bits per heavy atom. The molecule has 0 aliphatic carbocycles. The van der Waals surface area contributed by atoms with Crippen molar-refractivity contribution in [1.82, 2.24) is 0 Å². The molecule has 9 rings (SSSR count). The molecule has 3 aliphatic rings. The van der Waals surface area contributed by atoms with Crippen LogP contribution < -0.4 is 30.6 Å². The molecule has 12 nitrogen and oxygen atoms in total. The molecule has 0 aromatic heterocycles. The summed E-state index contributed by atoms with van der Waals surface area (Å²) in [5, 5.41) is 29.8. The number of benzene rings is 6. The van der Waals surface area contributed by atoms with Gasteiger partial charge in [0.2, 0.25) is 0 Å². The Morgan fingerprint density at radius 2 is 0.859 bits per heavy atom. The van der Waals surface area contributed by atoms with Crippen LogP contribution in [0.1, 0.15) is 121 Å². The van der Waals surface area contributed by atoms with Crippen molar-refractivity contribution in [1.29, 1.82) is 0 Å². The molecule has 0 saturated heterocycles. The summed E-state index contributed by atoms with van der Waals surface area (Å²) in [4.78, 5) is 10.5. The second-order valence-electron chi connectivity index (χ2n) is 17.9. The zero-order valence-corrected chi connectivity index (χ0v) is 41.0. The molecule has 3 unspecified atom stereocenters. The SMILES string of the molecule is C.C.[C-]#[N+]c1cc(C)c(Oc2cc(C)c3c(c2)C(C)OB3O)cc1C.[C-]#[N+]c1cc(C)c(Oc2cc3c(cc2C)B(O)OC3C)cc1C.[C-]#[N+]c1cc(C)c(Oc2ccc3c(c2C)C(C)OB3O)cc1C. The molecule has 0 amide bonds. The van der Waals surface area contributed by atoms with Crippen LogP contribution in [0.3, 0.4) is 0 Å². The highest BCUT2D eigenvalue weighted by Gasteiger charge is 2.36. The third kappa shape index (κ3) is 11.4. The number of aryl methyl sites for hydroxylation is 8. The van der Waals surface area contributed by atoms with E-state index in [1.807, 2.05) is 156 Å². The summed E-state index contributed by atoms with van der Waals surface area (Å²) in [5.41, 5.74) is 15.6. The maximum atomic E-state index is 9.96. The molecule has 3 atom stereocenters. The molecule has 3 aliphatic heterocycles. The van der Waals surface area contributed by atoms with E-state index in [0.29, 0.717) is 22.8 Å². The van der Waals surface area contributed by atoms with Gasteiger partial charge in [0.1, 0.15) is 34.5 Å². The summed E-state index contributed by atoms with van der Waals surface area (Å²) in [6.07, 6.45) is -0.472. The van der Waals surface area contributed by atoms with Gasteiger partial charge in [0, 0.05) is 0 Å². The van der Waals surface area contributed by atoms with Gasteiger partial charge >= 0.3 is 21.4 Å². The Labute approximate surface area is 421 Å². The second kappa shape index (κ2) is 22.5. The average molecular weight is 954 g/mol. The number of ether oxygens (including phenoxy) is 3. The van der Waals surface area contributed by atoms with Crippen LogP contribution in [0.15, 0.2) is 72.8 Å². The number of nitrogens with zero attached hydrogens (tertiary/aromatic N) is 3. The van der Waals surface area contributed by atoms with Crippen molar-refractivity contribution in [2.75, 3.05) is 0 Å². The maximum Gasteiger partial charge on any atom is 0.492 e. The van der Waals surface area contributed by atoms with E-state index in [1.165, 1.54) is 0 Å². The zero-order chi connectivity index (χ0) is 50.2. The Bertz CT molecular complexity index is 3070. The molecular formula is C56H62B3N3O9. The lowest BCUT2D eigenvalue weighted by atomic mass is 9.76. The van der Waals surface area contributed by atoms with E-state index < -0.39 is 21.4 Å². The quantitative estimate of drug-likeness (QED) is 0.110. The van der Waals surface area contributed by atoms with Crippen molar-refractivity contribution in [2.45, 2.75) is 116 Å². The molecule has 6 aromatic rings. The Hall–Kier alpha value is -6.86. The van der Waals surface area contributed by atoms with Crippen molar-refractivity contribution in [3.63, 3.8) is 0 Å². The number of fused-ring (bicyclic) bond motifs is 3. The van der Waals surface area contributed by atoms with E-state index in [1.54, 1.807) is 0 Å². The summed E-state index contributed by atoms with van der Waals surface area (Å²) < 4.78 is 34.6. The van der Waals surface area contributed by atoms with Crippen LogP contribution in [-0.4, -0.2) is 36.4 Å². The van der Waals surface area contributed by atoms with Gasteiger partial charge in [-0.25, -0.2) is 14.5 Å². The number of rotatable bonds is 6. The fraction of sp³-hybridized carbons (Fsp3) is 0.304. The second-order valence-corrected chi connectivity index (χ2v) is 17.9. The summed E-state index contributed by atoms with van der Waals surface area (Å²) in [6, 6.07) is 22.6. The van der Waals surface area contributed by atoms with Crippen molar-refractivity contribution < 1.29 is 43.2 Å². The van der Waals surface area contributed by atoms with Gasteiger partial charge in [0.15, 0.2) is 17.1 Å². The van der Waals surface area contributed by atoms with Crippen LogP contribution in [0.4, 0.5) is 17.1 Å². The Morgan fingerprint density at radius 3 is 1.38 bits per heavy atom. The minimum atomic E-state index is -0.866. The van der Waals surface area contributed by atoms with Gasteiger partial charge in [-0.2, -0.15) is 0 Å². The summed E-state index contributed by atoms with van der Waals surface area (Å²) in [5.74, 6) is 4.41. The zero-order valence-electron chi connectivity index (χ0n) is 41.0. The minimum absolute atomic E-state index is 0. The Kier molecular flexibility index (Phi) is 17.4. The lowest BCUT2D eigenvalue weighted by Crippen LogP contribution is -2.30. The third-order valence-corrected chi connectivity index (χ3v) is 12.8. The first-order chi connectivity index (χ1) is 32.7. The highest BCUT2D eigenvalue weighted by atomic mass is 16.5. The van der Waals surface area contributed by atoms with E-state index in [-0.39, 0.29) is 33.2 Å². The van der Waals surface area contributed by atoms with Gasteiger partial charge in [-0.1, -0.05) is 27.0 Å². The molecule has 15 heteroatoms. The van der Waals surface area contributed by atoms with Crippen molar-refractivity contribution >= 4 is 54.8 Å². The van der Waals surface area contributed by atoms with Gasteiger partial charge in [0.25, 0.3) is 0 Å². The first-order valence-electron chi connectivity index (χ1n) is 22.7. The van der Waals surface area contributed by atoms with Crippen LogP contribution in [0.2, 0.25) is 0 Å². The predicted molar refractivity (Wildman–Crippen MR) is 285 cm³/mol. The van der Waals surface area contributed by atoms with Crippen LogP contribution in [-0.2, 0) is 14.0 Å². The number of hydrogen-bond acceptors (Lipinski definition) is 9. The van der Waals surface area contributed by atoms with E-state index >= 15 is 0 Å². The maximum absolute atomic E-state index is 9.96. The van der Waals surface area contributed by atoms with Crippen molar-refractivity contribution in [3.8, 4) is 34.5 Å². The van der Waals surface area contributed by atoms with Crippen LogP contribution in [0.25, 0.3) is 14.5 Å². The van der Waals surface area contributed by atoms with Crippen LogP contribution in [0.5, 0.6) is 34.5 Å². The fourth-order valence-corrected chi connectivity index (χ4v) is 8.91. The van der Waals surface area contributed by atoms with Gasteiger partial charge < -0.3 is 43.2 Å². The molecule has 6 aromatic carbocycles. The molecule has 0 bridgehead atoms. The smallest absolute Gasteiger partial charge is 0.457 e. The lowest BCUT2D eigenvalue weighted by Gasteiger charge is -2.16. The Balaban J connectivity index is 0.000000195. The first-order valence-corrected chi connectivity index (χ1v) is 22.7. The standard InChI is InChI=1S/3C18H18BNO3.2CH4/c1-10-8-17(11(2)7-16(10)20-5)22-14-6-12(3)18-15(9-14)13(4)23-19(18)21;1-10-8-17(12(3)7-16(10)20-5)22-18-9-14-13(4)23-19(21)15(14)6-11(18)2;1-10-9-17(11(2)8-15(10)20-5)22-16-7-6-14-18(12(16)3)13(4)23-19(14)21;;/h3*6-9,13,21H,1-4H3;2*1H4. The molecular weight excluding hydrogens is 891 g/mol. The normalized spacial score (nSPS) is 15.7. The highest BCUT2D eigenvalue weighted by molar-refractivity contribution is 6.63. The van der Waals surface area contributed by atoms with Gasteiger partial charge in [-0.3, -0.25) is 0 Å². The molecule has 71 heavy (non-hydrogen) atoms. The molecule has 364 valence electrons. The highest BCUT2D eigenvalue weighted by Crippen LogP contribution is 2.39. The van der Waals surface area contributed by atoms with Gasteiger partial charge in [-0.15, -0.1) is 0 Å². The monoisotopic (exact) mass is 953 g/mol. The molecule has 0 spiro atoms. The summed E-state index contributed by atoms with van der Waals surface area (Å²) in [7, 11) is -2.60. The predicted octanol–water partition coefficient (Wildman–Crippen LogP) is 12.5. The summed E-state index contributed by atoms with van der Waals surface area (Å²) in [6.45, 7) is 44.6. The van der Waals surface area contributed by atoms with E-state index in [9.17, 15) is 15.1 Å². The van der Waals surface area contributed by atoms with Crippen molar-refractivity contribution in [2.24, 2.45) is 0 Å². The molecule has 0 saturated carbocycles. The van der Waals surface area contributed by atoms with E-state index in [0.717, 1.165) is 112 Å². The van der Waals surface area contributed by atoms with Crippen LogP contribution in [0, 0.1) is 82.0 Å². The third-order valence-electron chi connectivity index (χ3n) is 12.8.